The second-order valence-electron chi connectivity index (χ2n) is 12.1. The molecule has 0 unspecified atom stereocenters. The van der Waals surface area contributed by atoms with Crippen molar-refractivity contribution in [1.29, 1.82) is 0 Å². The molecule has 0 spiro atoms. The topological polar surface area (TPSA) is 118 Å². The monoisotopic (exact) mass is 490 g/mol. The molecule has 0 radical (unpaired) electrons. The molecule has 2 aliphatic rings. The van der Waals surface area contributed by atoms with Gasteiger partial charge < -0.3 is 39.4 Å². The Hall–Kier alpha value is -0.320. The van der Waals surface area contributed by atoms with Crippen LogP contribution in [-0.2, 0) is 18.9 Å². The van der Waals surface area contributed by atoms with Crippen LogP contribution in [0.4, 0.5) is 0 Å². The zero-order valence-electron chi connectivity index (χ0n) is 22.7. The van der Waals surface area contributed by atoms with Crippen molar-refractivity contribution >= 4 is 0 Å². The molecule has 0 aliphatic carbocycles. The van der Waals surface area contributed by atoms with Gasteiger partial charge in [0, 0.05) is 18.3 Å². The lowest BCUT2D eigenvalue weighted by molar-refractivity contribution is -0.336. The Morgan fingerprint density at radius 1 is 0.912 bits per heavy atom. The summed E-state index contributed by atoms with van der Waals surface area (Å²) in [6, 6.07) is 0. The van der Waals surface area contributed by atoms with Crippen LogP contribution < -0.4 is 0 Å². The minimum absolute atomic E-state index is 0.00469. The second-order valence-corrected chi connectivity index (χ2v) is 12.1. The summed E-state index contributed by atoms with van der Waals surface area (Å²) in [5.41, 5.74) is -2.66. The Bertz CT molecular complexity index is 645. The van der Waals surface area contributed by atoms with Crippen LogP contribution in [0.1, 0.15) is 94.4 Å². The fraction of sp³-hybridized carbons (Fsp3) is 1.00. The lowest BCUT2D eigenvalue weighted by Gasteiger charge is -2.48. The van der Waals surface area contributed by atoms with E-state index in [0.717, 1.165) is 0 Å². The largest absolute Gasteiger partial charge is 0.390 e. The highest BCUT2D eigenvalue weighted by Crippen LogP contribution is 2.39. The SMILES string of the molecule is C[C@@H]([C@H]1OC(C)(C)OC[C@@H]1C)[C@H]1C[C@@H](CC[C@](C)(O)[C@@H](O)CC[C@](C)(O)[C@H](C)O)OC(C)(C)O1. The predicted octanol–water partition coefficient (Wildman–Crippen LogP) is 3.12. The molecule has 0 aromatic rings. The van der Waals surface area contributed by atoms with Crippen LogP contribution in [0.2, 0.25) is 0 Å². The van der Waals surface area contributed by atoms with Crippen LogP contribution in [0.15, 0.2) is 0 Å². The molecule has 202 valence electrons. The first kappa shape index (κ1) is 29.9. The van der Waals surface area contributed by atoms with Crippen LogP contribution in [0.5, 0.6) is 0 Å². The molecule has 8 heteroatoms. The molecule has 2 saturated heterocycles. The van der Waals surface area contributed by atoms with Crippen LogP contribution in [0, 0.1) is 11.8 Å². The van der Waals surface area contributed by atoms with Gasteiger partial charge in [0.1, 0.15) is 0 Å². The highest BCUT2D eigenvalue weighted by molar-refractivity contribution is 4.90. The number of ether oxygens (including phenoxy) is 4. The first-order valence-corrected chi connectivity index (χ1v) is 12.8. The normalized spacial score (nSPS) is 35.6. The maximum absolute atomic E-state index is 10.9. The maximum atomic E-state index is 10.9. The number of hydrogen-bond donors (Lipinski definition) is 4. The van der Waals surface area contributed by atoms with E-state index in [1.807, 2.05) is 27.7 Å². The number of hydrogen-bond acceptors (Lipinski definition) is 8. The first-order valence-electron chi connectivity index (χ1n) is 12.8. The quantitative estimate of drug-likeness (QED) is 0.369. The average Bonchev–Trinajstić information content (AvgIpc) is 2.70. The third kappa shape index (κ3) is 8.10. The van der Waals surface area contributed by atoms with Crippen LogP contribution in [-0.4, -0.2) is 80.3 Å². The molecule has 0 amide bonds. The van der Waals surface area contributed by atoms with Crippen molar-refractivity contribution in [3.8, 4) is 0 Å². The standard InChI is InChI=1S/C26H50O8/c1-16-15-31-23(4,5)34-22(16)17(2)20-14-19(32-24(6,7)33-20)10-12-26(9,30)21(28)11-13-25(8,29)18(3)27/h16-22,27-30H,10-15H2,1-9H3/t16-,17+,18-,19+,20+,21-,22-,25-,26-/m0/s1. The van der Waals surface area contributed by atoms with E-state index in [9.17, 15) is 20.4 Å². The molecule has 0 aromatic carbocycles. The highest BCUT2D eigenvalue weighted by Gasteiger charge is 2.45. The molecule has 0 aromatic heterocycles. The predicted molar refractivity (Wildman–Crippen MR) is 129 cm³/mol. The van der Waals surface area contributed by atoms with Crippen molar-refractivity contribution in [3.05, 3.63) is 0 Å². The molecular weight excluding hydrogens is 440 g/mol. The van der Waals surface area contributed by atoms with Gasteiger partial charge in [0.15, 0.2) is 11.6 Å². The van der Waals surface area contributed by atoms with E-state index in [2.05, 4.69) is 13.8 Å². The highest BCUT2D eigenvalue weighted by atomic mass is 16.7. The van der Waals surface area contributed by atoms with Crippen molar-refractivity contribution in [2.45, 2.75) is 148 Å². The number of rotatable bonds is 10. The zero-order chi connectivity index (χ0) is 26.1. The van der Waals surface area contributed by atoms with Crippen LogP contribution in [0.3, 0.4) is 0 Å². The third-order valence-corrected chi connectivity index (χ3v) is 7.67. The molecular formula is C26H50O8. The van der Waals surface area contributed by atoms with Gasteiger partial charge in [-0.25, -0.2) is 0 Å². The fourth-order valence-corrected chi connectivity index (χ4v) is 4.96. The van der Waals surface area contributed by atoms with E-state index in [1.165, 1.54) is 13.8 Å². The van der Waals surface area contributed by atoms with Crippen molar-refractivity contribution in [2.24, 2.45) is 11.8 Å². The van der Waals surface area contributed by atoms with Gasteiger partial charge in [0.2, 0.25) is 0 Å². The Morgan fingerprint density at radius 2 is 1.53 bits per heavy atom. The van der Waals surface area contributed by atoms with Gasteiger partial charge in [-0.05, 0) is 74.1 Å². The van der Waals surface area contributed by atoms with Gasteiger partial charge >= 0.3 is 0 Å². The van der Waals surface area contributed by atoms with E-state index in [0.29, 0.717) is 25.9 Å². The molecule has 9 atom stereocenters. The lowest BCUT2D eigenvalue weighted by atomic mass is 9.82. The molecule has 2 heterocycles. The fourth-order valence-electron chi connectivity index (χ4n) is 4.96. The molecule has 2 aliphatic heterocycles. The number of aliphatic hydroxyl groups is 4. The van der Waals surface area contributed by atoms with Gasteiger partial charge in [-0.15, -0.1) is 0 Å². The van der Waals surface area contributed by atoms with Gasteiger partial charge in [0.25, 0.3) is 0 Å². The summed E-state index contributed by atoms with van der Waals surface area (Å²) in [5, 5.41) is 41.5. The maximum Gasteiger partial charge on any atom is 0.163 e. The summed E-state index contributed by atoms with van der Waals surface area (Å²) in [6.07, 6.45) is -0.247. The minimum atomic E-state index is -1.34. The molecule has 0 bridgehead atoms. The van der Waals surface area contributed by atoms with E-state index >= 15 is 0 Å². The minimum Gasteiger partial charge on any atom is -0.390 e. The van der Waals surface area contributed by atoms with Gasteiger partial charge in [-0.3, -0.25) is 0 Å². The first-order chi connectivity index (χ1) is 15.4. The molecule has 4 N–H and O–H groups in total. The second kappa shape index (κ2) is 11.0. The summed E-state index contributed by atoms with van der Waals surface area (Å²) >= 11 is 0. The smallest absolute Gasteiger partial charge is 0.163 e. The van der Waals surface area contributed by atoms with E-state index < -0.39 is 35.0 Å². The van der Waals surface area contributed by atoms with Crippen LogP contribution >= 0.6 is 0 Å². The van der Waals surface area contributed by atoms with E-state index in [1.54, 1.807) is 6.92 Å². The van der Waals surface area contributed by atoms with Gasteiger partial charge in [0.05, 0.1) is 48.3 Å². The third-order valence-electron chi connectivity index (χ3n) is 7.67. The van der Waals surface area contributed by atoms with Crippen molar-refractivity contribution in [1.82, 2.24) is 0 Å². The molecule has 2 rings (SSSR count). The molecule has 0 saturated carbocycles. The van der Waals surface area contributed by atoms with Gasteiger partial charge in [-0.2, -0.15) is 0 Å². The Kier molecular flexibility index (Phi) is 9.65. The lowest BCUT2D eigenvalue weighted by Crippen LogP contribution is -2.54. The zero-order valence-corrected chi connectivity index (χ0v) is 22.7. The Labute approximate surface area is 205 Å². The Balaban J connectivity index is 1.98. The van der Waals surface area contributed by atoms with Crippen molar-refractivity contribution < 1.29 is 39.4 Å². The summed E-state index contributed by atoms with van der Waals surface area (Å²) in [7, 11) is 0. The van der Waals surface area contributed by atoms with Crippen LogP contribution in [0.25, 0.3) is 0 Å². The molecule has 2 fully saturated rings. The Morgan fingerprint density at radius 3 is 2.12 bits per heavy atom. The molecule has 8 nitrogen and oxygen atoms in total. The summed E-state index contributed by atoms with van der Waals surface area (Å²) in [5.74, 6) is -1.03. The van der Waals surface area contributed by atoms with Crippen molar-refractivity contribution in [2.75, 3.05) is 6.61 Å². The number of aliphatic hydroxyl groups excluding tert-OH is 2. The van der Waals surface area contributed by atoms with Gasteiger partial charge in [-0.1, -0.05) is 13.8 Å². The van der Waals surface area contributed by atoms with Crippen molar-refractivity contribution in [3.63, 3.8) is 0 Å². The molecule has 34 heavy (non-hydrogen) atoms. The van der Waals surface area contributed by atoms with E-state index in [-0.39, 0.29) is 43.0 Å². The average molecular weight is 491 g/mol. The van der Waals surface area contributed by atoms with E-state index in [4.69, 9.17) is 18.9 Å². The summed E-state index contributed by atoms with van der Waals surface area (Å²) in [4.78, 5) is 0. The summed E-state index contributed by atoms with van der Waals surface area (Å²) in [6.45, 7) is 17.3. The summed E-state index contributed by atoms with van der Waals surface area (Å²) < 4.78 is 24.5.